The molecule has 0 radical (unpaired) electrons. The van der Waals surface area contributed by atoms with Crippen LogP contribution in [-0.2, 0) is 0 Å². The van der Waals surface area contributed by atoms with Crippen LogP contribution in [0.4, 0.5) is 11.8 Å². The van der Waals surface area contributed by atoms with Gasteiger partial charge in [0, 0.05) is 31.6 Å². The largest absolute Gasteiger partial charge is 0.388 e. The van der Waals surface area contributed by atoms with E-state index in [-0.39, 0.29) is 6.10 Å². The maximum absolute atomic E-state index is 10.3. The van der Waals surface area contributed by atoms with Crippen molar-refractivity contribution in [2.45, 2.75) is 56.7 Å². The van der Waals surface area contributed by atoms with Crippen molar-refractivity contribution in [2.75, 3.05) is 30.9 Å². The summed E-state index contributed by atoms with van der Waals surface area (Å²) >= 11 is 0. The van der Waals surface area contributed by atoms with Gasteiger partial charge in [0.15, 0.2) is 0 Å². The van der Waals surface area contributed by atoms with E-state index < -0.39 is 0 Å². The maximum Gasteiger partial charge on any atom is 0.225 e. The Kier molecular flexibility index (Phi) is 7.55. The van der Waals surface area contributed by atoms with E-state index in [0.29, 0.717) is 12.1 Å². The molecule has 1 aliphatic carbocycles. The maximum atomic E-state index is 10.3. The molecule has 32 heavy (non-hydrogen) atoms. The number of benzene rings is 2. The Morgan fingerprint density at radius 2 is 1.62 bits per heavy atom. The zero-order valence-electron chi connectivity index (χ0n) is 19.2. The Morgan fingerprint density at radius 1 is 0.938 bits per heavy atom. The van der Waals surface area contributed by atoms with Gasteiger partial charge in [-0.15, -0.1) is 0 Å². The van der Waals surface area contributed by atoms with Gasteiger partial charge in [0.05, 0.1) is 11.6 Å². The number of rotatable bonds is 9. The van der Waals surface area contributed by atoms with Crippen LogP contribution >= 0.6 is 0 Å². The van der Waals surface area contributed by atoms with Crippen LogP contribution in [0.1, 0.15) is 50.2 Å². The van der Waals surface area contributed by atoms with Gasteiger partial charge < -0.3 is 20.6 Å². The minimum absolute atomic E-state index is 0.369. The average Bonchev–Trinajstić information content (AvgIpc) is 2.82. The fraction of sp³-hybridized carbons (Fsp3) is 0.462. The summed E-state index contributed by atoms with van der Waals surface area (Å²) in [5.74, 6) is 1.67. The van der Waals surface area contributed by atoms with E-state index in [9.17, 15) is 5.11 Å². The number of para-hydroxylation sites is 1. The van der Waals surface area contributed by atoms with E-state index in [1.165, 1.54) is 0 Å². The molecule has 1 aromatic heterocycles. The Balaban J connectivity index is 1.22. The molecule has 2 aromatic carbocycles. The van der Waals surface area contributed by atoms with Gasteiger partial charge in [-0.1, -0.05) is 42.5 Å². The minimum atomic E-state index is -0.369. The molecule has 1 fully saturated rings. The molecule has 0 aliphatic heterocycles. The number of hydrogen-bond acceptors (Lipinski definition) is 6. The number of nitrogens with zero attached hydrogens (tertiary/aromatic N) is 3. The van der Waals surface area contributed by atoms with Crippen LogP contribution in [0.2, 0.25) is 0 Å². The molecule has 1 atom stereocenters. The van der Waals surface area contributed by atoms with E-state index in [1.807, 2.05) is 67.5 Å². The van der Waals surface area contributed by atoms with Crippen molar-refractivity contribution in [3.8, 4) is 0 Å². The van der Waals surface area contributed by atoms with Crippen molar-refractivity contribution in [1.29, 1.82) is 0 Å². The lowest BCUT2D eigenvalue weighted by Gasteiger charge is -2.30. The highest BCUT2D eigenvalue weighted by atomic mass is 16.3. The zero-order valence-corrected chi connectivity index (χ0v) is 19.2. The second-order valence-corrected chi connectivity index (χ2v) is 9.00. The average molecular weight is 434 g/mol. The summed E-state index contributed by atoms with van der Waals surface area (Å²) in [6.45, 7) is 0.951. The summed E-state index contributed by atoms with van der Waals surface area (Å²) in [6.07, 6.45) is 5.91. The van der Waals surface area contributed by atoms with Crippen LogP contribution in [0.15, 0.2) is 54.6 Å². The SMILES string of the molecule is CN(C)c1nc(N[C@H]2CC[C@@H](NCCCC(O)c3ccccc3)CC2)nc2ccccc12. The molecule has 1 unspecified atom stereocenters. The molecule has 0 spiro atoms. The normalized spacial score (nSPS) is 19.6. The third-order valence-electron chi connectivity index (χ3n) is 6.34. The number of aliphatic hydroxyl groups is 1. The molecule has 1 saturated carbocycles. The van der Waals surface area contributed by atoms with Crippen molar-refractivity contribution in [3.63, 3.8) is 0 Å². The molecule has 3 N–H and O–H groups in total. The van der Waals surface area contributed by atoms with E-state index in [2.05, 4.69) is 16.7 Å². The fourth-order valence-electron chi connectivity index (χ4n) is 4.53. The Morgan fingerprint density at radius 3 is 2.38 bits per heavy atom. The van der Waals surface area contributed by atoms with E-state index in [0.717, 1.165) is 73.3 Å². The third-order valence-corrected chi connectivity index (χ3v) is 6.34. The van der Waals surface area contributed by atoms with E-state index >= 15 is 0 Å². The first-order valence-electron chi connectivity index (χ1n) is 11.8. The Bertz CT molecular complexity index is 986. The quantitative estimate of drug-likeness (QED) is 0.431. The first-order valence-corrected chi connectivity index (χ1v) is 11.8. The van der Waals surface area contributed by atoms with Crippen molar-refractivity contribution in [2.24, 2.45) is 0 Å². The molecule has 3 aromatic rings. The molecular formula is C26H35N5O. The second kappa shape index (κ2) is 10.7. The van der Waals surface area contributed by atoms with Gasteiger partial charge in [0.1, 0.15) is 5.82 Å². The lowest BCUT2D eigenvalue weighted by Crippen LogP contribution is -2.37. The van der Waals surface area contributed by atoms with Crippen LogP contribution < -0.4 is 15.5 Å². The molecule has 170 valence electrons. The van der Waals surface area contributed by atoms with Crippen LogP contribution in [-0.4, -0.2) is 47.8 Å². The Hall–Kier alpha value is -2.70. The summed E-state index contributed by atoms with van der Waals surface area (Å²) < 4.78 is 0. The Labute approximate surface area is 191 Å². The van der Waals surface area contributed by atoms with Gasteiger partial charge in [-0.25, -0.2) is 4.98 Å². The number of anilines is 2. The van der Waals surface area contributed by atoms with Gasteiger partial charge in [0.25, 0.3) is 0 Å². The molecule has 0 amide bonds. The summed E-state index contributed by atoms with van der Waals surface area (Å²) in [7, 11) is 4.04. The highest BCUT2D eigenvalue weighted by Crippen LogP contribution is 2.26. The molecule has 1 heterocycles. The highest BCUT2D eigenvalue weighted by molar-refractivity contribution is 5.90. The van der Waals surface area contributed by atoms with Crippen molar-refractivity contribution in [1.82, 2.24) is 15.3 Å². The van der Waals surface area contributed by atoms with Crippen LogP contribution in [0.25, 0.3) is 10.9 Å². The van der Waals surface area contributed by atoms with Gasteiger partial charge in [-0.3, -0.25) is 0 Å². The first-order chi connectivity index (χ1) is 15.6. The molecule has 0 bridgehead atoms. The number of aliphatic hydroxyl groups excluding tert-OH is 1. The predicted octanol–water partition coefficient (Wildman–Crippen LogP) is 4.52. The number of hydrogen-bond donors (Lipinski definition) is 3. The molecule has 4 rings (SSSR count). The summed E-state index contributed by atoms with van der Waals surface area (Å²) in [6, 6.07) is 19.1. The van der Waals surface area contributed by atoms with Crippen molar-refractivity contribution < 1.29 is 5.11 Å². The zero-order chi connectivity index (χ0) is 22.3. The molecule has 6 heteroatoms. The lowest BCUT2D eigenvalue weighted by molar-refractivity contribution is 0.163. The molecule has 1 aliphatic rings. The summed E-state index contributed by atoms with van der Waals surface area (Å²) in [5, 5.41) is 18.6. The molecule has 6 nitrogen and oxygen atoms in total. The van der Waals surface area contributed by atoms with Crippen LogP contribution in [0.3, 0.4) is 0 Å². The fourth-order valence-corrected chi connectivity index (χ4v) is 4.53. The van der Waals surface area contributed by atoms with Gasteiger partial charge >= 0.3 is 0 Å². The third kappa shape index (κ3) is 5.75. The minimum Gasteiger partial charge on any atom is -0.388 e. The van der Waals surface area contributed by atoms with Gasteiger partial charge in [-0.2, -0.15) is 4.98 Å². The smallest absolute Gasteiger partial charge is 0.225 e. The van der Waals surface area contributed by atoms with Crippen LogP contribution in [0.5, 0.6) is 0 Å². The monoisotopic (exact) mass is 433 g/mol. The standard InChI is InChI=1S/C26H35N5O/c1-31(2)25-22-11-6-7-12-23(22)29-26(30-25)28-21-16-14-20(15-17-21)27-18-8-13-24(32)19-9-4-3-5-10-19/h3-7,9-12,20-21,24,27,32H,8,13-18H2,1-2H3,(H,28,29,30)/t20-,21+,24?. The van der Waals surface area contributed by atoms with Gasteiger partial charge in [-0.05, 0) is 62.8 Å². The predicted molar refractivity (Wildman–Crippen MR) is 132 cm³/mol. The number of aromatic nitrogens is 2. The number of fused-ring (bicyclic) bond motifs is 1. The summed E-state index contributed by atoms with van der Waals surface area (Å²) in [4.78, 5) is 11.6. The van der Waals surface area contributed by atoms with Gasteiger partial charge in [0.2, 0.25) is 5.95 Å². The summed E-state index contributed by atoms with van der Waals surface area (Å²) in [5.41, 5.74) is 1.98. The van der Waals surface area contributed by atoms with Crippen LogP contribution in [0, 0.1) is 0 Å². The first kappa shape index (κ1) is 22.5. The van der Waals surface area contributed by atoms with Crippen molar-refractivity contribution >= 4 is 22.7 Å². The van der Waals surface area contributed by atoms with E-state index in [1.54, 1.807) is 0 Å². The number of nitrogens with one attached hydrogen (secondary N) is 2. The van der Waals surface area contributed by atoms with Crippen molar-refractivity contribution in [3.05, 3.63) is 60.2 Å². The second-order valence-electron chi connectivity index (χ2n) is 9.00. The molecular weight excluding hydrogens is 398 g/mol. The van der Waals surface area contributed by atoms with E-state index in [4.69, 9.17) is 9.97 Å². The lowest BCUT2D eigenvalue weighted by atomic mass is 9.91. The highest BCUT2D eigenvalue weighted by Gasteiger charge is 2.22. The molecule has 0 saturated heterocycles. The topological polar surface area (TPSA) is 73.3 Å².